The summed E-state index contributed by atoms with van der Waals surface area (Å²) in [6, 6.07) is 6.74. The molecule has 9 heteroatoms. The van der Waals surface area contributed by atoms with Crippen LogP contribution in [0.15, 0.2) is 28.8 Å². The molecule has 9 nitrogen and oxygen atoms in total. The summed E-state index contributed by atoms with van der Waals surface area (Å²) in [5, 5.41) is 6.64. The molecule has 1 aliphatic rings. The highest BCUT2D eigenvalue weighted by atomic mass is 16.6. The van der Waals surface area contributed by atoms with E-state index in [1.54, 1.807) is 26.2 Å². The summed E-state index contributed by atoms with van der Waals surface area (Å²) in [5.74, 6) is 1.11. The lowest BCUT2D eigenvalue weighted by molar-refractivity contribution is -0.122. The van der Waals surface area contributed by atoms with Crippen molar-refractivity contribution in [2.45, 2.75) is 13.0 Å². The Morgan fingerprint density at radius 2 is 2.16 bits per heavy atom. The van der Waals surface area contributed by atoms with Gasteiger partial charge in [-0.05, 0) is 31.2 Å². The first-order chi connectivity index (χ1) is 12.1. The van der Waals surface area contributed by atoms with Crippen LogP contribution in [-0.2, 0) is 9.53 Å². The molecule has 1 saturated heterocycles. The number of nitrogens with zero attached hydrogens (tertiary/aromatic N) is 3. The van der Waals surface area contributed by atoms with Crippen LogP contribution in [0.1, 0.15) is 18.9 Å². The van der Waals surface area contributed by atoms with Crippen LogP contribution >= 0.6 is 0 Å². The molecule has 0 unspecified atom stereocenters. The number of benzene rings is 1. The molecule has 1 aromatic carbocycles. The molecule has 2 aromatic rings. The third-order valence-electron chi connectivity index (χ3n) is 3.72. The minimum atomic E-state index is -0.484. The Balaban J connectivity index is 1.60. The minimum absolute atomic E-state index is 0.0668. The van der Waals surface area contributed by atoms with Gasteiger partial charge in [0.05, 0.1) is 13.7 Å². The number of nitrogens with one attached hydrogen (secondary N) is 1. The Hall–Kier alpha value is -3.10. The van der Waals surface area contributed by atoms with E-state index < -0.39 is 12.1 Å². The molecule has 25 heavy (non-hydrogen) atoms. The Morgan fingerprint density at radius 3 is 2.80 bits per heavy atom. The average molecular weight is 346 g/mol. The quantitative estimate of drug-likeness (QED) is 0.842. The van der Waals surface area contributed by atoms with Crippen molar-refractivity contribution in [3.05, 3.63) is 30.2 Å². The van der Waals surface area contributed by atoms with E-state index in [1.165, 1.54) is 4.90 Å². The highest BCUT2D eigenvalue weighted by Crippen LogP contribution is 2.21. The van der Waals surface area contributed by atoms with Gasteiger partial charge >= 0.3 is 6.09 Å². The minimum Gasteiger partial charge on any atom is -0.497 e. The van der Waals surface area contributed by atoms with Gasteiger partial charge in [-0.1, -0.05) is 5.16 Å². The number of ether oxygens (including phenoxy) is 2. The van der Waals surface area contributed by atoms with Crippen molar-refractivity contribution in [2.24, 2.45) is 0 Å². The van der Waals surface area contributed by atoms with Gasteiger partial charge in [-0.15, -0.1) is 0 Å². The monoisotopic (exact) mass is 346 g/mol. The summed E-state index contributed by atoms with van der Waals surface area (Å²) in [7, 11) is 1.59. The van der Waals surface area contributed by atoms with Crippen LogP contribution in [-0.4, -0.2) is 53.8 Å². The van der Waals surface area contributed by atoms with E-state index in [9.17, 15) is 9.59 Å². The molecular weight excluding hydrogens is 328 g/mol. The van der Waals surface area contributed by atoms with Crippen molar-refractivity contribution in [3.8, 4) is 17.1 Å². The summed E-state index contributed by atoms with van der Waals surface area (Å²) < 4.78 is 15.1. The summed E-state index contributed by atoms with van der Waals surface area (Å²) in [5.41, 5.74) is 0.772. The van der Waals surface area contributed by atoms with Crippen LogP contribution in [0.5, 0.6) is 5.75 Å². The first-order valence-electron chi connectivity index (χ1n) is 7.76. The predicted molar refractivity (Wildman–Crippen MR) is 85.8 cm³/mol. The zero-order valence-electron chi connectivity index (χ0n) is 13.9. The summed E-state index contributed by atoms with van der Waals surface area (Å²) in [6.07, 6.45) is -0.484. The molecule has 2 heterocycles. The maximum absolute atomic E-state index is 12.0. The van der Waals surface area contributed by atoms with E-state index >= 15 is 0 Å². The van der Waals surface area contributed by atoms with Gasteiger partial charge in [0.1, 0.15) is 24.9 Å². The number of carbonyl (C=O) groups is 2. The zero-order valence-corrected chi connectivity index (χ0v) is 13.9. The lowest BCUT2D eigenvalue weighted by atomic mass is 10.2. The number of methoxy groups -OCH3 is 1. The molecule has 2 amide bonds. The van der Waals surface area contributed by atoms with Gasteiger partial charge in [0, 0.05) is 5.56 Å². The molecule has 0 radical (unpaired) electrons. The standard InChI is InChI=1S/C16H18N4O5/c1-10(17-13(21)9-20-7-8-24-16(20)22)15-18-14(19-25-15)11-3-5-12(23-2)6-4-11/h3-6,10H,7-9H2,1-2H3,(H,17,21)/t10-/m0/s1. The van der Waals surface area contributed by atoms with Crippen LogP contribution in [0, 0.1) is 0 Å². The van der Waals surface area contributed by atoms with Crippen LogP contribution in [0.2, 0.25) is 0 Å². The average Bonchev–Trinajstić information content (AvgIpc) is 3.25. The Labute approximate surface area is 143 Å². The maximum Gasteiger partial charge on any atom is 0.410 e. The third kappa shape index (κ3) is 3.87. The van der Waals surface area contributed by atoms with Crippen molar-refractivity contribution in [1.29, 1.82) is 0 Å². The number of hydrogen-bond donors (Lipinski definition) is 1. The van der Waals surface area contributed by atoms with Gasteiger partial charge in [0.25, 0.3) is 0 Å². The number of carbonyl (C=O) groups excluding carboxylic acids is 2. The fraction of sp³-hybridized carbons (Fsp3) is 0.375. The highest BCUT2D eigenvalue weighted by molar-refractivity contribution is 5.83. The smallest absolute Gasteiger partial charge is 0.410 e. The van der Waals surface area contributed by atoms with Gasteiger partial charge in [0.15, 0.2) is 0 Å². The summed E-state index contributed by atoms with van der Waals surface area (Å²) in [6.45, 7) is 2.37. The topological polar surface area (TPSA) is 107 Å². The molecule has 1 N–H and O–H groups in total. The van der Waals surface area contributed by atoms with Gasteiger partial charge in [-0.25, -0.2) is 4.79 Å². The number of rotatable bonds is 6. The number of aromatic nitrogens is 2. The molecule has 132 valence electrons. The van der Waals surface area contributed by atoms with E-state index in [1.807, 2.05) is 12.1 Å². The molecule has 1 fully saturated rings. The highest BCUT2D eigenvalue weighted by Gasteiger charge is 2.25. The third-order valence-corrected chi connectivity index (χ3v) is 3.72. The second-order valence-corrected chi connectivity index (χ2v) is 5.51. The van der Waals surface area contributed by atoms with E-state index in [0.29, 0.717) is 19.0 Å². The van der Waals surface area contributed by atoms with Crippen molar-refractivity contribution in [3.63, 3.8) is 0 Å². The van der Waals surface area contributed by atoms with Gasteiger partial charge in [-0.2, -0.15) is 4.98 Å². The number of cyclic esters (lactones) is 1. The number of hydrogen-bond acceptors (Lipinski definition) is 7. The lowest BCUT2D eigenvalue weighted by Crippen LogP contribution is -2.38. The predicted octanol–water partition coefficient (Wildman–Crippen LogP) is 1.37. The largest absolute Gasteiger partial charge is 0.497 e. The summed E-state index contributed by atoms with van der Waals surface area (Å²) >= 11 is 0. The van der Waals surface area contributed by atoms with E-state index in [2.05, 4.69) is 15.5 Å². The molecule has 0 aliphatic carbocycles. The van der Waals surface area contributed by atoms with Crippen molar-refractivity contribution < 1.29 is 23.6 Å². The van der Waals surface area contributed by atoms with Gasteiger partial charge < -0.3 is 19.3 Å². The van der Waals surface area contributed by atoms with Gasteiger partial charge in [0.2, 0.25) is 17.6 Å². The first-order valence-corrected chi connectivity index (χ1v) is 7.76. The van der Waals surface area contributed by atoms with Crippen LogP contribution in [0.4, 0.5) is 4.79 Å². The van der Waals surface area contributed by atoms with Crippen molar-refractivity contribution in [2.75, 3.05) is 26.8 Å². The fourth-order valence-electron chi connectivity index (χ4n) is 2.36. The molecule has 1 aromatic heterocycles. The van der Waals surface area contributed by atoms with E-state index in [4.69, 9.17) is 14.0 Å². The second-order valence-electron chi connectivity index (χ2n) is 5.51. The van der Waals surface area contributed by atoms with E-state index in [0.717, 1.165) is 11.3 Å². The molecule has 0 saturated carbocycles. The van der Waals surface area contributed by atoms with E-state index in [-0.39, 0.29) is 18.3 Å². The molecule has 1 aliphatic heterocycles. The molecule has 1 atom stereocenters. The zero-order chi connectivity index (χ0) is 17.8. The Morgan fingerprint density at radius 1 is 1.40 bits per heavy atom. The van der Waals surface area contributed by atoms with Crippen LogP contribution in [0.25, 0.3) is 11.4 Å². The van der Waals surface area contributed by atoms with Crippen LogP contribution in [0.3, 0.4) is 0 Å². The number of amides is 2. The lowest BCUT2D eigenvalue weighted by Gasteiger charge is -2.14. The normalized spacial score (nSPS) is 15.0. The van der Waals surface area contributed by atoms with Crippen molar-refractivity contribution >= 4 is 12.0 Å². The molecule has 0 spiro atoms. The maximum atomic E-state index is 12.0. The fourth-order valence-corrected chi connectivity index (χ4v) is 2.36. The SMILES string of the molecule is COc1ccc(-c2noc([C@H](C)NC(=O)CN3CCOC3=O)n2)cc1. The molecule has 3 rings (SSSR count). The van der Waals surface area contributed by atoms with Crippen molar-refractivity contribution in [1.82, 2.24) is 20.4 Å². The van der Waals surface area contributed by atoms with Gasteiger partial charge in [-0.3, -0.25) is 9.69 Å². The summed E-state index contributed by atoms with van der Waals surface area (Å²) in [4.78, 5) is 29.0. The first kappa shape index (κ1) is 16.7. The Kier molecular flexibility index (Phi) is 4.82. The Bertz CT molecular complexity index is 758. The second kappa shape index (κ2) is 7.20. The van der Waals surface area contributed by atoms with Crippen LogP contribution < -0.4 is 10.1 Å². The molecular formula is C16H18N4O5. The molecule has 0 bridgehead atoms.